The van der Waals surface area contributed by atoms with Crippen LogP contribution in [0.1, 0.15) is 44.7 Å². The Balaban J connectivity index is 2.20. The molecule has 0 bridgehead atoms. The Bertz CT molecular complexity index is 805. The van der Waals surface area contributed by atoms with Gasteiger partial charge >= 0.3 is 0 Å². The van der Waals surface area contributed by atoms with E-state index in [0.29, 0.717) is 38.3 Å². The Kier molecular flexibility index (Phi) is 9.39. The number of hydrogen-bond acceptors (Lipinski definition) is 3. The molecule has 2 aromatic carbocycles. The number of aryl methyl sites for hydroxylation is 1. The second-order valence-corrected chi connectivity index (χ2v) is 7.92. The summed E-state index contributed by atoms with van der Waals surface area (Å²) in [5, 5.41) is 2.99. The molecule has 0 unspecified atom stereocenters. The van der Waals surface area contributed by atoms with E-state index >= 15 is 0 Å². The van der Waals surface area contributed by atoms with Gasteiger partial charge in [-0.25, -0.2) is 0 Å². The molecule has 0 aliphatic carbocycles. The van der Waals surface area contributed by atoms with Crippen molar-refractivity contribution in [3.8, 4) is 5.75 Å². The number of rotatable bonds is 11. The maximum Gasteiger partial charge on any atom is 0.242 e. The third-order valence-electron chi connectivity index (χ3n) is 5.03. The van der Waals surface area contributed by atoms with Gasteiger partial charge in [0.25, 0.3) is 0 Å². The van der Waals surface area contributed by atoms with Crippen molar-refractivity contribution in [2.45, 2.75) is 52.6 Å². The van der Waals surface area contributed by atoms with Crippen molar-refractivity contribution in [3.63, 3.8) is 0 Å². The molecule has 5 nitrogen and oxygen atoms in total. The van der Waals surface area contributed by atoms with Gasteiger partial charge < -0.3 is 15.0 Å². The molecule has 1 atom stereocenters. The third kappa shape index (κ3) is 7.21. The number of nitrogens with zero attached hydrogens (tertiary/aromatic N) is 1. The molecule has 30 heavy (non-hydrogen) atoms. The molecule has 162 valence electrons. The van der Waals surface area contributed by atoms with E-state index in [1.807, 2.05) is 61.5 Å². The van der Waals surface area contributed by atoms with E-state index in [4.69, 9.17) is 4.74 Å². The van der Waals surface area contributed by atoms with Gasteiger partial charge in [0, 0.05) is 19.5 Å². The molecule has 0 saturated heterocycles. The molecule has 5 heteroatoms. The SMILES string of the molecule is CC[C@@H](C(=O)NCC(C)C)N(Cc1cccc(OC)c1)C(=O)CCc1ccccc1. The molecular weight excluding hydrogens is 376 g/mol. The maximum absolute atomic E-state index is 13.2. The lowest BCUT2D eigenvalue weighted by Crippen LogP contribution is -2.49. The highest BCUT2D eigenvalue weighted by atomic mass is 16.5. The van der Waals surface area contributed by atoms with Crippen molar-refractivity contribution in [3.05, 3.63) is 65.7 Å². The zero-order chi connectivity index (χ0) is 21.9. The van der Waals surface area contributed by atoms with Crippen LogP contribution in [0.25, 0.3) is 0 Å². The lowest BCUT2D eigenvalue weighted by molar-refractivity contribution is -0.141. The first-order valence-electron chi connectivity index (χ1n) is 10.7. The van der Waals surface area contributed by atoms with Crippen molar-refractivity contribution in [1.82, 2.24) is 10.2 Å². The largest absolute Gasteiger partial charge is 0.497 e. The van der Waals surface area contributed by atoms with Crippen molar-refractivity contribution in [2.24, 2.45) is 5.92 Å². The molecule has 0 radical (unpaired) electrons. The number of nitrogens with one attached hydrogen (secondary N) is 1. The van der Waals surface area contributed by atoms with Gasteiger partial charge in [-0.3, -0.25) is 9.59 Å². The van der Waals surface area contributed by atoms with Crippen LogP contribution in [0.5, 0.6) is 5.75 Å². The summed E-state index contributed by atoms with van der Waals surface area (Å²) in [4.78, 5) is 27.8. The summed E-state index contributed by atoms with van der Waals surface area (Å²) < 4.78 is 5.32. The highest BCUT2D eigenvalue weighted by Gasteiger charge is 2.28. The first-order valence-corrected chi connectivity index (χ1v) is 10.7. The zero-order valence-electron chi connectivity index (χ0n) is 18.6. The second-order valence-electron chi connectivity index (χ2n) is 7.92. The Hall–Kier alpha value is -2.82. The van der Waals surface area contributed by atoms with Gasteiger partial charge in [-0.05, 0) is 42.0 Å². The number of benzene rings is 2. The Morgan fingerprint density at radius 3 is 2.37 bits per heavy atom. The molecule has 2 rings (SSSR count). The van der Waals surface area contributed by atoms with Crippen molar-refractivity contribution < 1.29 is 14.3 Å². The Morgan fingerprint density at radius 2 is 1.73 bits per heavy atom. The normalized spacial score (nSPS) is 11.8. The monoisotopic (exact) mass is 410 g/mol. The summed E-state index contributed by atoms with van der Waals surface area (Å²) in [7, 11) is 1.62. The molecule has 2 aromatic rings. The minimum atomic E-state index is -0.502. The molecule has 0 spiro atoms. The summed E-state index contributed by atoms with van der Waals surface area (Å²) in [5.74, 6) is 0.976. The van der Waals surface area contributed by atoms with Gasteiger partial charge in [0.05, 0.1) is 7.11 Å². The van der Waals surface area contributed by atoms with E-state index < -0.39 is 6.04 Å². The lowest BCUT2D eigenvalue weighted by Gasteiger charge is -2.31. The van der Waals surface area contributed by atoms with Gasteiger partial charge in [-0.2, -0.15) is 0 Å². The quantitative estimate of drug-likeness (QED) is 0.604. The molecule has 0 fully saturated rings. The van der Waals surface area contributed by atoms with Crippen LogP contribution in [0.15, 0.2) is 54.6 Å². The zero-order valence-corrected chi connectivity index (χ0v) is 18.6. The van der Waals surface area contributed by atoms with Gasteiger partial charge in [0.1, 0.15) is 11.8 Å². The van der Waals surface area contributed by atoms with E-state index in [-0.39, 0.29) is 11.8 Å². The van der Waals surface area contributed by atoms with E-state index in [0.717, 1.165) is 16.9 Å². The third-order valence-corrected chi connectivity index (χ3v) is 5.03. The lowest BCUT2D eigenvalue weighted by atomic mass is 10.1. The predicted molar refractivity (Wildman–Crippen MR) is 120 cm³/mol. The van der Waals surface area contributed by atoms with Crippen LogP contribution in [0.4, 0.5) is 0 Å². The van der Waals surface area contributed by atoms with Crippen LogP contribution in [0.2, 0.25) is 0 Å². The fourth-order valence-electron chi connectivity index (χ4n) is 3.35. The fraction of sp³-hybridized carbons (Fsp3) is 0.440. The average Bonchev–Trinajstić information content (AvgIpc) is 2.76. The number of hydrogen-bond donors (Lipinski definition) is 1. The number of ether oxygens (including phenoxy) is 1. The molecule has 0 aliphatic rings. The summed E-state index contributed by atoms with van der Waals surface area (Å²) in [6.45, 7) is 7.03. The topological polar surface area (TPSA) is 58.6 Å². The molecule has 0 heterocycles. The van der Waals surface area contributed by atoms with E-state index in [1.54, 1.807) is 12.0 Å². The average molecular weight is 411 g/mol. The summed E-state index contributed by atoms with van der Waals surface area (Å²) in [5.41, 5.74) is 2.06. The van der Waals surface area contributed by atoms with Crippen molar-refractivity contribution >= 4 is 11.8 Å². The van der Waals surface area contributed by atoms with E-state index in [1.165, 1.54) is 0 Å². The Labute approximate surface area is 180 Å². The fourth-order valence-corrected chi connectivity index (χ4v) is 3.35. The van der Waals surface area contributed by atoms with Crippen LogP contribution < -0.4 is 10.1 Å². The number of carbonyl (C=O) groups excluding carboxylic acids is 2. The highest BCUT2D eigenvalue weighted by molar-refractivity contribution is 5.87. The standard InChI is InChI=1S/C25H34N2O3/c1-5-23(25(29)26-17-19(2)3)27(18-21-12-9-13-22(16-21)30-4)24(28)15-14-20-10-7-6-8-11-20/h6-13,16,19,23H,5,14-15,17-18H2,1-4H3,(H,26,29)/t23-/m0/s1. The predicted octanol–water partition coefficient (Wildman–Crippen LogP) is 4.21. The maximum atomic E-state index is 13.2. The minimum absolute atomic E-state index is 0.0202. The van der Waals surface area contributed by atoms with Gasteiger partial charge in [0.15, 0.2) is 0 Å². The smallest absolute Gasteiger partial charge is 0.242 e. The molecular formula is C25H34N2O3. The number of carbonyl (C=O) groups is 2. The van der Waals surface area contributed by atoms with Crippen LogP contribution in [0, 0.1) is 5.92 Å². The number of methoxy groups -OCH3 is 1. The molecule has 0 aromatic heterocycles. The van der Waals surface area contributed by atoms with E-state index in [9.17, 15) is 9.59 Å². The summed E-state index contributed by atoms with van der Waals surface area (Å²) >= 11 is 0. The minimum Gasteiger partial charge on any atom is -0.497 e. The molecule has 0 aliphatic heterocycles. The van der Waals surface area contributed by atoms with Crippen molar-refractivity contribution in [1.29, 1.82) is 0 Å². The summed E-state index contributed by atoms with van der Waals surface area (Å²) in [6, 6.07) is 17.1. The molecule has 0 saturated carbocycles. The van der Waals surface area contributed by atoms with Crippen molar-refractivity contribution in [2.75, 3.05) is 13.7 Å². The van der Waals surface area contributed by atoms with Crippen LogP contribution in [-0.2, 0) is 22.6 Å². The van der Waals surface area contributed by atoms with Gasteiger partial charge in [-0.1, -0.05) is 63.2 Å². The van der Waals surface area contributed by atoms with Crippen LogP contribution in [-0.4, -0.2) is 36.4 Å². The number of amides is 2. The first kappa shape index (κ1) is 23.5. The van der Waals surface area contributed by atoms with Gasteiger partial charge in [-0.15, -0.1) is 0 Å². The molecule has 2 amide bonds. The van der Waals surface area contributed by atoms with Crippen LogP contribution >= 0.6 is 0 Å². The highest BCUT2D eigenvalue weighted by Crippen LogP contribution is 2.18. The Morgan fingerprint density at radius 1 is 1.03 bits per heavy atom. The summed E-state index contributed by atoms with van der Waals surface area (Å²) in [6.07, 6.45) is 1.57. The second kappa shape index (κ2) is 12.0. The molecule has 1 N–H and O–H groups in total. The van der Waals surface area contributed by atoms with Crippen LogP contribution in [0.3, 0.4) is 0 Å². The van der Waals surface area contributed by atoms with Gasteiger partial charge in [0.2, 0.25) is 11.8 Å². The first-order chi connectivity index (χ1) is 14.4. The van der Waals surface area contributed by atoms with E-state index in [2.05, 4.69) is 19.2 Å².